The quantitative estimate of drug-likeness (QED) is 0.743. The zero-order valence-electron chi connectivity index (χ0n) is 8.14. The van der Waals surface area contributed by atoms with E-state index >= 15 is 0 Å². The molecule has 0 aliphatic heterocycles. The fourth-order valence-electron chi connectivity index (χ4n) is 0.874. The highest BCUT2D eigenvalue weighted by atomic mass is 32.2. The summed E-state index contributed by atoms with van der Waals surface area (Å²) in [5.74, 6) is -0.418. The van der Waals surface area contributed by atoms with Gasteiger partial charge in [-0.25, -0.2) is 9.78 Å². The molecule has 0 bridgehead atoms. The van der Waals surface area contributed by atoms with Crippen LogP contribution in [-0.2, 0) is 4.79 Å². The molecular formula is C9H11N3O2S. The number of nitrogens with zero attached hydrogens (tertiary/aromatic N) is 1. The van der Waals surface area contributed by atoms with Crippen molar-refractivity contribution in [2.24, 2.45) is 5.73 Å². The van der Waals surface area contributed by atoms with Crippen molar-refractivity contribution in [2.45, 2.75) is 17.2 Å². The topological polar surface area (TPSA) is 85.1 Å². The number of aromatic nitrogens is 1. The van der Waals surface area contributed by atoms with Crippen molar-refractivity contribution in [1.82, 2.24) is 10.3 Å². The number of nitrogens with two attached hydrogens (primary N) is 1. The third kappa shape index (κ3) is 3.99. The van der Waals surface area contributed by atoms with Gasteiger partial charge in [-0.05, 0) is 19.1 Å². The molecule has 0 saturated carbocycles. The first-order valence-corrected chi connectivity index (χ1v) is 5.15. The Morgan fingerprint density at radius 2 is 2.27 bits per heavy atom. The normalized spacial score (nSPS) is 11.8. The number of thioether (sulfide) groups is 1. The van der Waals surface area contributed by atoms with E-state index in [0.717, 1.165) is 5.03 Å². The highest BCUT2D eigenvalue weighted by Gasteiger charge is 2.15. The number of hydrogen-bond acceptors (Lipinski definition) is 4. The maximum atomic E-state index is 11.3. The van der Waals surface area contributed by atoms with E-state index in [0.29, 0.717) is 0 Å². The molecule has 1 aromatic heterocycles. The Hall–Kier alpha value is -1.56. The van der Waals surface area contributed by atoms with Crippen LogP contribution in [0.2, 0.25) is 0 Å². The summed E-state index contributed by atoms with van der Waals surface area (Å²) < 4.78 is 0. The van der Waals surface area contributed by atoms with Crippen molar-refractivity contribution < 1.29 is 9.59 Å². The van der Waals surface area contributed by atoms with Gasteiger partial charge in [-0.1, -0.05) is 17.8 Å². The summed E-state index contributed by atoms with van der Waals surface area (Å²) >= 11 is 1.26. The first kappa shape index (κ1) is 11.5. The van der Waals surface area contributed by atoms with Crippen LogP contribution in [-0.4, -0.2) is 22.2 Å². The van der Waals surface area contributed by atoms with Crippen LogP contribution in [0, 0.1) is 0 Å². The summed E-state index contributed by atoms with van der Waals surface area (Å²) in [5.41, 5.74) is 4.83. The summed E-state index contributed by atoms with van der Waals surface area (Å²) in [6.45, 7) is 1.68. The second-order valence-corrected chi connectivity index (χ2v) is 4.14. The summed E-state index contributed by atoms with van der Waals surface area (Å²) in [6, 6.07) is 4.57. The highest BCUT2D eigenvalue weighted by molar-refractivity contribution is 8.00. The van der Waals surface area contributed by atoms with Crippen molar-refractivity contribution in [3.63, 3.8) is 0 Å². The molecule has 5 nitrogen and oxygen atoms in total. The zero-order chi connectivity index (χ0) is 11.3. The first-order valence-electron chi connectivity index (χ1n) is 4.27. The van der Waals surface area contributed by atoms with Crippen LogP contribution in [0.4, 0.5) is 4.79 Å². The van der Waals surface area contributed by atoms with Crippen LogP contribution in [0.15, 0.2) is 29.4 Å². The van der Waals surface area contributed by atoms with Gasteiger partial charge < -0.3 is 5.73 Å². The van der Waals surface area contributed by atoms with Crippen LogP contribution in [0.3, 0.4) is 0 Å². The van der Waals surface area contributed by atoms with Crippen molar-refractivity contribution in [3.05, 3.63) is 24.4 Å². The standard InChI is InChI=1S/C9H11N3O2S/c1-6(8(13)12-9(10)14)15-7-4-2-3-5-11-7/h2-6H,1H3,(H3,10,12,13,14)/t6-/m0/s1. The Morgan fingerprint density at radius 3 is 2.80 bits per heavy atom. The Kier molecular flexibility index (Phi) is 4.11. The van der Waals surface area contributed by atoms with Crippen LogP contribution in [0.5, 0.6) is 0 Å². The van der Waals surface area contributed by atoms with E-state index in [1.165, 1.54) is 11.8 Å². The van der Waals surface area contributed by atoms with Gasteiger partial charge in [0.1, 0.15) is 0 Å². The molecule has 1 aromatic rings. The molecular weight excluding hydrogens is 214 g/mol. The van der Waals surface area contributed by atoms with E-state index in [1.807, 2.05) is 11.4 Å². The number of urea groups is 1. The monoisotopic (exact) mass is 225 g/mol. The first-order chi connectivity index (χ1) is 7.09. The van der Waals surface area contributed by atoms with E-state index in [9.17, 15) is 9.59 Å². The molecule has 0 aliphatic carbocycles. The maximum Gasteiger partial charge on any atom is 0.318 e. The fraction of sp³-hybridized carbons (Fsp3) is 0.222. The van der Waals surface area contributed by atoms with Crippen molar-refractivity contribution >= 4 is 23.7 Å². The Balaban J connectivity index is 2.52. The van der Waals surface area contributed by atoms with E-state index in [4.69, 9.17) is 5.73 Å². The van der Waals surface area contributed by atoms with Gasteiger partial charge in [0, 0.05) is 6.20 Å². The molecule has 1 heterocycles. The lowest BCUT2D eigenvalue weighted by Gasteiger charge is -2.08. The van der Waals surface area contributed by atoms with Crippen LogP contribution < -0.4 is 11.1 Å². The van der Waals surface area contributed by atoms with Crippen molar-refractivity contribution in [3.8, 4) is 0 Å². The average molecular weight is 225 g/mol. The number of carbonyl (C=O) groups is 2. The lowest BCUT2D eigenvalue weighted by Crippen LogP contribution is -2.39. The molecule has 3 N–H and O–H groups in total. The predicted octanol–water partition coefficient (Wildman–Crippen LogP) is 0.757. The van der Waals surface area contributed by atoms with Gasteiger partial charge in [-0.15, -0.1) is 0 Å². The lowest BCUT2D eigenvalue weighted by molar-refractivity contribution is -0.119. The van der Waals surface area contributed by atoms with E-state index in [-0.39, 0.29) is 0 Å². The maximum absolute atomic E-state index is 11.3. The summed E-state index contributed by atoms with van der Waals surface area (Å²) in [4.78, 5) is 25.8. The van der Waals surface area contributed by atoms with Gasteiger partial charge in [0.25, 0.3) is 0 Å². The molecule has 0 radical (unpaired) electrons. The largest absolute Gasteiger partial charge is 0.351 e. The van der Waals surface area contributed by atoms with Crippen molar-refractivity contribution in [1.29, 1.82) is 0 Å². The Bertz CT molecular complexity index is 356. The third-order valence-corrected chi connectivity index (χ3v) is 2.60. The Morgan fingerprint density at radius 1 is 1.53 bits per heavy atom. The second-order valence-electron chi connectivity index (χ2n) is 2.78. The van der Waals surface area contributed by atoms with Crippen molar-refractivity contribution in [2.75, 3.05) is 0 Å². The van der Waals surface area contributed by atoms with Crippen LogP contribution in [0.1, 0.15) is 6.92 Å². The number of primary amides is 1. The van der Waals surface area contributed by atoms with E-state index in [1.54, 1.807) is 25.3 Å². The third-order valence-electron chi connectivity index (χ3n) is 1.55. The van der Waals surface area contributed by atoms with Crippen LogP contribution in [0.25, 0.3) is 0 Å². The zero-order valence-corrected chi connectivity index (χ0v) is 8.95. The molecule has 6 heteroatoms. The molecule has 0 aliphatic rings. The number of amides is 3. The van der Waals surface area contributed by atoms with E-state index in [2.05, 4.69) is 4.98 Å². The number of rotatable bonds is 3. The highest BCUT2D eigenvalue weighted by Crippen LogP contribution is 2.20. The predicted molar refractivity (Wildman–Crippen MR) is 57.3 cm³/mol. The minimum absolute atomic E-state index is 0.410. The van der Waals surface area contributed by atoms with E-state index < -0.39 is 17.2 Å². The van der Waals surface area contributed by atoms with Gasteiger partial charge in [0.2, 0.25) is 5.91 Å². The number of carbonyl (C=O) groups excluding carboxylic acids is 2. The average Bonchev–Trinajstić information content (AvgIpc) is 2.18. The number of nitrogens with one attached hydrogen (secondary N) is 1. The van der Waals surface area contributed by atoms with Gasteiger partial charge in [0.15, 0.2) is 0 Å². The summed E-state index contributed by atoms with van der Waals surface area (Å²) in [7, 11) is 0. The molecule has 0 saturated heterocycles. The number of imide groups is 1. The molecule has 0 spiro atoms. The SMILES string of the molecule is C[C@H](Sc1ccccn1)C(=O)NC(N)=O. The van der Waals surface area contributed by atoms with Gasteiger partial charge in [-0.2, -0.15) is 0 Å². The van der Waals surface area contributed by atoms with Crippen LogP contribution >= 0.6 is 11.8 Å². The Labute approximate surface area is 91.4 Å². The summed E-state index contributed by atoms with van der Waals surface area (Å²) in [5, 5.41) is 2.33. The molecule has 0 fully saturated rings. The summed E-state index contributed by atoms with van der Waals surface area (Å²) in [6.07, 6.45) is 1.64. The second kappa shape index (κ2) is 5.35. The van der Waals surface area contributed by atoms with Gasteiger partial charge in [-0.3, -0.25) is 10.1 Å². The molecule has 15 heavy (non-hydrogen) atoms. The number of pyridine rings is 1. The molecule has 1 atom stereocenters. The number of hydrogen-bond donors (Lipinski definition) is 2. The minimum atomic E-state index is -0.839. The lowest BCUT2D eigenvalue weighted by atomic mass is 10.4. The molecule has 3 amide bonds. The fourth-order valence-corrected chi connectivity index (χ4v) is 1.68. The van der Waals surface area contributed by atoms with Gasteiger partial charge >= 0.3 is 6.03 Å². The van der Waals surface area contributed by atoms with Gasteiger partial charge in [0.05, 0.1) is 10.3 Å². The minimum Gasteiger partial charge on any atom is -0.351 e. The molecule has 1 rings (SSSR count). The molecule has 0 aromatic carbocycles. The molecule has 80 valence electrons. The molecule has 0 unspecified atom stereocenters. The smallest absolute Gasteiger partial charge is 0.318 e.